The van der Waals surface area contributed by atoms with Gasteiger partial charge in [-0.2, -0.15) is 0 Å². The molecule has 0 aliphatic carbocycles. The highest BCUT2D eigenvalue weighted by Crippen LogP contribution is 2.53. The van der Waals surface area contributed by atoms with Crippen LogP contribution in [0.3, 0.4) is 0 Å². The highest BCUT2D eigenvalue weighted by Gasteiger charge is 2.28. The van der Waals surface area contributed by atoms with Gasteiger partial charge in [0.25, 0.3) is 0 Å². The van der Waals surface area contributed by atoms with Crippen LogP contribution in [0.5, 0.6) is 0 Å². The van der Waals surface area contributed by atoms with Gasteiger partial charge in [0.1, 0.15) is 0 Å². The van der Waals surface area contributed by atoms with Crippen molar-refractivity contribution in [2.24, 2.45) is 10.8 Å². The maximum Gasteiger partial charge on any atom is 0.430 e. The number of hydrogen-bond donors (Lipinski definition) is 0. The van der Waals surface area contributed by atoms with Crippen LogP contribution in [0.15, 0.2) is 0 Å². The molecule has 0 aromatic carbocycles. The summed E-state index contributed by atoms with van der Waals surface area (Å²) >= 11 is 5.46. The summed E-state index contributed by atoms with van der Waals surface area (Å²) in [6.07, 6.45) is 0. The van der Waals surface area contributed by atoms with Crippen LogP contribution in [0.25, 0.3) is 0 Å². The monoisotopic (exact) mass is 344 g/mol. The Balaban J connectivity index is 4.09. The normalized spacial score (nSPS) is 12.9. The zero-order valence-corrected chi connectivity index (χ0v) is 14.7. The molecule has 0 bridgehead atoms. The minimum absolute atomic E-state index is 0.543. The third kappa shape index (κ3) is 9.09. The molecule has 0 heterocycles. The maximum atomic E-state index is 11.6. The Morgan fingerprint density at radius 1 is 0.857 bits per heavy atom. The molecular formula is C12H22ClO7P. The zero-order chi connectivity index (χ0) is 16.9. The summed E-state index contributed by atoms with van der Waals surface area (Å²) in [5.41, 5.74) is -1.44. The smallest absolute Gasteiger partial charge is 0.430 e. The average Bonchev–Trinajstić information content (AvgIpc) is 2.25. The van der Waals surface area contributed by atoms with Gasteiger partial charge in [0, 0.05) is 11.2 Å². The van der Waals surface area contributed by atoms with Crippen molar-refractivity contribution < 1.29 is 32.7 Å². The topological polar surface area (TPSA) is 88.1 Å². The Kier molecular flexibility index (Phi) is 7.36. The summed E-state index contributed by atoms with van der Waals surface area (Å²) in [5.74, 6) is -1.09. The molecule has 21 heavy (non-hydrogen) atoms. The molecule has 0 aliphatic heterocycles. The lowest BCUT2D eigenvalue weighted by Crippen LogP contribution is -2.24. The number of carbonyl (C=O) groups is 2. The van der Waals surface area contributed by atoms with Crippen LogP contribution in [0, 0.1) is 10.8 Å². The number of carbonyl (C=O) groups excluding carboxylic acids is 2. The van der Waals surface area contributed by atoms with E-state index in [0.29, 0.717) is 0 Å². The van der Waals surface area contributed by atoms with Crippen LogP contribution in [0.2, 0.25) is 0 Å². The van der Waals surface area contributed by atoms with E-state index in [2.05, 4.69) is 9.05 Å². The Bertz CT molecular complexity index is 386. The molecule has 0 saturated carbocycles. The van der Waals surface area contributed by atoms with Gasteiger partial charge in [-0.1, -0.05) is 0 Å². The standard InChI is InChI=1S/C12H22ClO7P/c1-11(2,3)9(14)17-7-19-21(13,16)20-8-18-10(15)12(4,5)6/h7-8H2,1-6H3. The highest BCUT2D eigenvalue weighted by atomic mass is 35.7. The summed E-state index contributed by atoms with van der Waals surface area (Å²) in [6.45, 7) is 4.67. The van der Waals surface area contributed by atoms with Gasteiger partial charge in [-0.05, 0) is 41.5 Å². The van der Waals surface area contributed by atoms with Crippen molar-refractivity contribution >= 4 is 30.1 Å². The molecule has 0 rings (SSSR count). The molecule has 0 unspecified atom stereocenters. The molecule has 0 N–H and O–H groups in total. The molecule has 0 aromatic rings. The lowest BCUT2D eigenvalue weighted by Gasteiger charge is -2.19. The van der Waals surface area contributed by atoms with E-state index in [1.165, 1.54) is 0 Å². The minimum Gasteiger partial charge on any atom is -0.438 e. The van der Waals surface area contributed by atoms with Gasteiger partial charge >= 0.3 is 18.9 Å². The molecule has 0 spiro atoms. The van der Waals surface area contributed by atoms with Gasteiger partial charge < -0.3 is 9.47 Å². The first-order valence-electron chi connectivity index (χ1n) is 6.19. The molecule has 0 amide bonds. The molecule has 0 saturated heterocycles. The molecule has 0 radical (unpaired) electrons. The number of ether oxygens (including phenoxy) is 2. The minimum atomic E-state index is -3.99. The number of rotatable bonds is 6. The van der Waals surface area contributed by atoms with Crippen LogP contribution < -0.4 is 0 Å². The first-order valence-corrected chi connectivity index (χ1v) is 8.64. The molecule has 0 aliphatic rings. The van der Waals surface area contributed by atoms with Gasteiger partial charge in [0.05, 0.1) is 10.8 Å². The van der Waals surface area contributed by atoms with Crippen molar-refractivity contribution in [2.75, 3.05) is 13.6 Å². The van der Waals surface area contributed by atoms with Crippen molar-refractivity contribution in [3.05, 3.63) is 0 Å². The van der Waals surface area contributed by atoms with Crippen molar-refractivity contribution in [2.45, 2.75) is 41.5 Å². The van der Waals surface area contributed by atoms with E-state index in [1.807, 2.05) is 0 Å². The molecule has 0 fully saturated rings. The fourth-order valence-electron chi connectivity index (χ4n) is 0.756. The Hall–Kier alpha value is -0.620. The van der Waals surface area contributed by atoms with Gasteiger partial charge in [0.15, 0.2) is 0 Å². The zero-order valence-electron chi connectivity index (χ0n) is 13.1. The molecular weight excluding hydrogens is 323 g/mol. The SMILES string of the molecule is CC(C)(C)C(=O)OCOP(=O)(Cl)OCOC(=O)C(C)(C)C. The van der Waals surface area contributed by atoms with Crippen molar-refractivity contribution in [1.29, 1.82) is 0 Å². The summed E-state index contributed by atoms with van der Waals surface area (Å²) in [6, 6.07) is 0. The molecule has 9 heteroatoms. The van der Waals surface area contributed by atoms with E-state index < -0.39 is 43.3 Å². The summed E-state index contributed by atoms with van der Waals surface area (Å²) in [5, 5.41) is 0. The molecule has 0 atom stereocenters. The van der Waals surface area contributed by atoms with Crippen LogP contribution in [0.4, 0.5) is 0 Å². The largest absolute Gasteiger partial charge is 0.438 e. The Morgan fingerprint density at radius 2 is 1.14 bits per heavy atom. The summed E-state index contributed by atoms with van der Waals surface area (Å²) in [7, 11) is 0. The number of halogens is 1. The fourth-order valence-corrected chi connectivity index (χ4v) is 1.43. The van der Waals surface area contributed by atoms with Crippen LogP contribution in [0.1, 0.15) is 41.5 Å². The van der Waals surface area contributed by atoms with Crippen molar-refractivity contribution in [3.63, 3.8) is 0 Å². The van der Waals surface area contributed by atoms with E-state index in [-0.39, 0.29) is 0 Å². The third-order valence-electron chi connectivity index (χ3n) is 2.02. The van der Waals surface area contributed by atoms with Crippen LogP contribution >= 0.6 is 18.2 Å². The lowest BCUT2D eigenvalue weighted by atomic mass is 9.98. The van der Waals surface area contributed by atoms with Gasteiger partial charge in [-0.15, -0.1) is 0 Å². The van der Waals surface area contributed by atoms with Gasteiger partial charge in [-0.3, -0.25) is 18.6 Å². The van der Waals surface area contributed by atoms with E-state index in [9.17, 15) is 14.2 Å². The second-order valence-electron chi connectivity index (χ2n) is 6.29. The second-order valence-corrected chi connectivity index (χ2v) is 8.91. The van der Waals surface area contributed by atoms with Crippen molar-refractivity contribution in [1.82, 2.24) is 0 Å². The summed E-state index contributed by atoms with van der Waals surface area (Å²) in [4.78, 5) is 22.8. The first-order chi connectivity index (χ1) is 9.26. The molecule has 7 nitrogen and oxygen atoms in total. The quantitative estimate of drug-likeness (QED) is 0.414. The van der Waals surface area contributed by atoms with Gasteiger partial charge in [-0.25, -0.2) is 4.57 Å². The average molecular weight is 345 g/mol. The number of hydrogen-bond acceptors (Lipinski definition) is 7. The summed E-state index contributed by atoms with van der Waals surface area (Å²) < 4.78 is 30.3. The van der Waals surface area contributed by atoms with Gasteiger partial charge in [0.2, 0.25) is 13.6 Å². The van der Waals surface area contributed by atoms with E-state index in [0.717, 1.165) is 0 Å². The fraction of sp³-hybridized carbons (Fsp3) is 0.833. The predicted molar refractivity (Wildman–Crippen MR) is 76.5 cm³/mol. The Labute approximate surface area is 129 Å². The van der Waals surface area contributed by atoms with E-state index >= 15 is 0 Å². The Morgan fingerprint density at radius 3 is 1.38 bits per heavy atom. The highest BCUT2D eigenvalue weighted by molar-refractivity contribution is 7.81. The van der Waals surface area contributed by atoms with Crippen molar-refractivity contribution in [3.8, 4) is 0 Å². The number of esters is 2. The first kappa shape index (κ1) is 20.4. The predicted octanol–water partition coefficient (Wildman–Crippen LogP) is 3.46. The lowest BCUT2D eigenvalue weighted by molar-refractivity contribution is -0.161. The molecule has 124 valence electrons. The van der Waals surface area contributed by atoms with Crippen LogP contribution in [-0.4, -0.2) is 25.5 Å². The second kappa shape index (κ2) is 7.58. The van der Waals surface area contributed by atoms with E-state index in [1.54, 1.807) is 41.5 Å². The maximum absolute atomic E-state index is 11.6. The van der Waals surface area contributed by atoms with Crippen LogP contribution in [-0.2, 0) is 32.7 Å². The molecule has 0 aromatic heterocycles. The third-order valence-corrected chi connectivity index (χ3v) is 3.43. The van der Waals surface area contributed by atoms with E-state index in [4.69, 9.17) is 20.7 Å².